The van der Waals surface area contributed by atoms with Gasteiger partial charge in [-0.1, -0.05) is 12.1 Å². The van der Waals surface area contributed by atoms with E-state index in [2.05, 4.69) is 28.1 Å². The molecule has 1 aliphatic rings. The van der Waals surface area contributed by atoms with Crippen LogP contribution < -0.4 is 9.47 Å². The zero-order chi connectivity index (χ0) is 16.1. The molecule has 3 rings (SSSR count). The molecule has 1 saturated heterocycles. The summed E-state index contributed by atoms with van der Waals surface area (Å²) in [6, 6.07) is 10.9. The number of likely N-dealkylation sites (tertiary alicyclic amines) is 1. The summed E-state index contributed by atoms with van der Waals surface area (Å²) in [4.78, 5) is 6.76. The Bertz CT molecular complexity index is 631. The highest BCUT2D eigenvalue weighted by Crippen LogP contribution is 2.36. The molecule has 2 aromatic rings. The van der Waals surface area contributed by atoms with Gasteiger partial charge in [-0.2, -0.15) is 0 Å². The quantitative estimate of drug-likeness (QED) is 0.818. The van der Waals surface area contributed by atoms with Crippen molar-refractivity contribution in [2.75, 3.05) is 27.3 Å². The van der Waals surface area contributed by atoms with Gasteiger partial charge in [0.2, 0.25) is 0 Å². The molecule has 0 radical (unpaired) electrons. The lowest BCUT2D eigenvalue weighted by Crippen LogP contribution is -2.25. The summed E-state index contributed by atoms with van der Waals surface area (Å²) in [7, 11) is 3.36. The topological polar surface area (TPSA) is 34.6 Å². The van der Waals surface area contributed by atoms with Crippen molar-refractivity contribution in [1.29, 1.82) is 0 Å². The number of rotatable bonds is 6. The second-order valence-corrected chi connectivity index (χ2v) is 5.92. The summed E-state index contributed by atoms with van der Waals surface area (Å²) in [5.41, 5.74) is 2.61. The summed E-state index contributed by atoms with van der Waals surface area (Å²) < 4.78 is 10.8. The van der Waals surface area contributed by atoms with Gasteiger partial charge in [-0.05, 0) is 55.1 Å². The van der Waals surface area contributed by atoms with Crippen LogP contribution in [0.5, 0.6) is 11.5 Å². The minimum Gasteiger partial charge on any atom is -0.493 e. The lowest BCUT2D eigenvalue weighted by Gasteiger charge is -2.25. The Balaban J connectivity index is 1.71. The molecule has 0 saturated carbocycles. The van der Waals surface area contributed by atoms with E-state index in [1.54, 1.807) is 14.2 Å². The van der Waals surface area contributed by atoms with Crippen LogP contribution in [0.2, 0.25) is 0 Å². The van der Waals surface area contributed by atoms with Crippen LogP contribution in [0.4, 0.5) is 0 Å². The number of methoxy groups -OCH3 is 2. The normalized spacial score (nSPS) is 18.1. The predicted molar refractivity (Wildman–Crippen MR) is 91.0 cm³/mol. The van der Waals surface area contributed by atoms with Crippen molar-refractivity contribution in [3.63, 3.8) is 0 Å². The van der Waals surface area contributed by atoms with Crippen molar-refractivity contribution in [3.05, 3.63) is 53.9 Å². The van der Waals surface area contributed by atoms with Gasteiger partial charge in [0.25, 0.3) is 0 Å². The molecule has 1 atom stereocenters. The number of hydrogen-bond donors (Lipinski definition) is 0. The number of benzene rings is 1. The maximum Gasteiger partial charge on any atom is 0.161 e. The van der Waals surface area contributed by atoms with Gasteiger partial charge in [-0.3, -0.25) is 9.88 Å². The van der Waals surface area contributed by atoms with Crippen molar-refractivity contribution >= 4 is 0 Å². The molecule has 1 aromatic carbocycles. The SMILES string of the molecule is COc1ccc([C@@H]2CCCN2CCc2cccnc2)cc1OC. The van der Waals surface area contributed by atoms with E-state index in [0.717, 1.165) is 31.0 Å². The molecule has 0 amide bonds. The van der Waals surface area contributed by atoms with Crippen LogP contribution in [0.15, 0.2) is 42.7 Å². The first-order chi connectivity index (χ1) is 11.3. The Morgan fingerprint density at radius 3 is 2.78 bits per heavy atom. The Morgan fingerprint density at radius 1 is 1.17 bits per heavy atom. The van der Waals surface area contributed by atoms with Crippen molar-refractivity contribution in [3.8, 4) is 11.5 Å². The third-order valence-corrected chi connectivity index (χ3v) is 4.57. The van der Waals surface area contributed by atoms with Crippen molar-refractivity contribution < 1.29 is 9.47 Å². The molecule has 4 nitrogen and oxygen atoms in total. The molecule has 2 heterocycles. The van der Waals surface area contributed by atoms with Gasteiger partial charge < -0.3 is 9.47 Å². The van der Waals surface area contributed by atoms with Crippen LogP contribution >= 0.6 is 0 Å². The second kappa shape index (κ2) is 7.47. The van der Waals surface area contributed by atoms with E-state index >= 15 is 0 Å². The zero-order valence-corrected chi connectivity index (χ0v) is 13.9. The molecular weight excluding hydrogens is 288 g/mol. The van der Waals surface area contributed by atoms with Crippen LogP contribution in [0.1, 0.15) is 30.0 Å². The number of aromatic nitrogens is 1. The van der Waals surface area contributed by atoms with E-state index in [1.165, 1.54) is 24.0 Å². The molecule has 0 bridgehead atoms. The molecule has 1 aromatic heterocycles. The van der Waals surface area contributed by atoms with Gasteiger partial charge in [0.1, 0.15) is 0 Å². The van der Waals surface area contributed by atoms with Crippen LogP contribution in [0, 0.1) is 0 Å². The highest BCUT2D eigenvalue weighted by atomic mass is 16.5. The number of ether oxygens (including phenoxy) is 2. The highest BCUT2D eigenvalue weighted by molar-refractivity contribution is 5.44. The fraction of sp³-hybridized carbons (Fsp3) is 0.421. The summed E-state index contributed by atoms with van der Waals surface area (Å²) in [5, 5.41) is 0. The van der Waals surface area contributed by atoms with Gasteiger partial charge >= 0.3 is 0 Å². The summed E-state index contributed by atoms with van der Waals surface area (Å²) in [6.07, 6.45) is 7.26. The van der Waals surface area contributed by atoms with E-state index in [4.69, 9.17) is 9.47 Å². The van der Waals surface area contributed by atoms with Gasteiger partial charge in [-0.25, -0.2) is 0 Å². The lowest BCUT2D eigenvalue weighted by atomic mass is 10.0. The monoisotopic (exact) mass is 312 g/mol. The fourth-order valence-electron chi connectivity index (χ4n) is 3.35. The molecule has 0 unspecified atom stereocenters. The van der Waals surface area contributed by atoms with Crippen LogP contribution in [-0.4, -0.2) is 37.2 Å². The molecule has 1 aliphatic heterocycles. The van der Waals surface area contributed by atoms with Crippen molar-refractivity contribution in [1.82, 2.24) is 9.88 Å². The highest BCUT2D eigenvalue weighted by Gasteiger charge is 2.26. The molecular formula is C19H24N2O2. The number of hydrogen-bond acceptors (Lipinski definition) is 4. The molecule has 23 heavy (non-hydrogen) atoms. The summed E-state index contributed by atoms with van der Waals surface area (Å²) in [6.45, 7) is 2.21. The third kappa shape index (κ3) is 3.64. The third-order valence-electron chi connectivity index (χ3n) is 4.57. The van der Waals surface area contributed by atoms with Crippen LogP contribution in [0.25, 0.3) is 0 Å². The number of pyridine rings is 1. The zero-order valence-electron chi connectivity index (χ0n) is 13.9. The van der Waals surface area contributed by atoms with Gasteiger partial charge in [0.15, 0.2) is 11.5 Å². The predicted octanol–water partition coefficient (Wildman–Crippen LogP) is 3.48. The maximum atomic E-state index is 5.45. The number of nitrogens with zero attached hydrogens (tertiary/aromatic N) is 2. The first-order valence-electron chi connectivity index (χ1n) is 8.16. The van der Waals surface area contributed by atoms with Crippen LogP contribution in [0.3, 0.4) is 0 Å². The summed E-state index contributed by atoms with van der Waals surface area (Å²) in [5.74, 6) is 1.60. The van der Waals surface area contributed by atoms with Crippen molar-refractivity contribution in [2.24, 2.45) is 0 Å². The van der Waals surface area contributed by atoms with E-state index in [0.29, 0.717) is 6.04 Å². The average Bonchev–Trinajstić information content (AvgIpc) is 3.08. The van der Waals surface area contributed by atoms with Gasteiger partial charge in [-0.15, -0.1) is 0 Å². The van der Waals surface area contributed by atoms with Crippen molar-refractivity contribution in [2.45, 2.75) is 25.3 Å². The van der Waals surface area contributed by atoms with Crippen LogP contribution in [-0.2, 0) is 6.42 Å². The second-order valence-electron chi connectivity index (χ2n) is 5.92. The largest absolute Gasteiger partial charge is 0.493 e. The minimum atomic E-state index is 0.464. The average molecular weight is 312 g/mol. The maximum absolute atomic E-state index is 5.45. The smallest absolute Gasteiger partial charge is 0.161 e. The van der Waals surface area contributed by atoms with E-state index < -0.39 is 0 Å². The van der Waals surface area contributed by atoms with E-state index in [-0.39, 0.29) is 0 Å². The minimum absolute atomic E-state index is 0.464. The van der Waals surface area contributed by atoms with Gasteiger partial charge in [0.05, 0.1) is 14.2 Å². The molecule has 0 N–H and O–H groups in total. The Labute approximate surface area is 138 Å². The molecule has 0 aliphatic carbocycles. The molecule has 0 spiro atoms. The Kier molecular flexibility index (Phi) is 5.13. The summed E-state index contributed by atoms with van der Waals surface area (Å²) >= 11 is 0. The Hall–Kier alpha value is -2.07. The van der Waals surface area contributed by atoms with E-state index in [9.17, 15) is 0 Å². The molecule has 4 heteroatoms. The molecule has 1 fully saturated rings. The Morgan fingerprint density at radius 2 is 2.04 bits per heavy atom. The lowest BCUT2D eigenvalue weighted by molar-refractivity contribution is 0.259. The standard InChI is InChI=1S/C19H24N2O2/c1-22-18-8-7-16(13-19(18)23-2)17-6-4-11-21(17)12-9-15-5-3-10-20-14-15/h3,5,7-8,10,13-14,17H,4,6,9,11-12H2,1-2H3/t17-/m0/s1. The van der Waals surface area contributed by atoms with Gasteiger partial charge in [0, 0.05) is 25.0 Å². The van der Waals surface area contributed by atoms with E-state index in [1.807, 2.05) is 24.5 Å². The first kappa shape index (κ1) is 15.8. The first-order valence-corrected chi connectivity index (χ1v) is 8.16. The fourth-order valence-corrected chi connectivity index (χ4v) is 3.35. The molecule has 122 valence electrons.